The lowest BCUT2D eigenvalue weighted by Crippen LogP contribution is -2.54. The summed E-state index contributed by atoms with van der Waals surface area (Å²) in [4.78, 5) is 18.7. The fourth-order valence-corrected chi connectivity index (χ4v) is 4.96. The van der Waals surface area contributed by atoms with Crippen molar-refractivity contribution >= 4 is 50.9 Å². The molecule has 11 heteroatoms. The number of carbonyl (C=O) groups excluding carboxylic acids is 1. The average molecular weight is 639 g/mol. The Morgan fingerprint density at radius 3 is 2.54 bits per heavy atom. The van der Waals surface area contributed by atoms with Crippen molar-refractivity contribution in [3.8, 4) is 5.75 Å². The molecule has 0 saturated carbocycles. The van der Waals surface area contributed by atoms with Gasteiger partial charge in [0.05, 0.1) is 6.61 Å². The number of hydrogen-bond donors (Lipinski definition) is 3. The van der Waals surface area contributed by atoms with Gasteiger partial charge < -0.3 is 14.6 Å². The average Bonchev–Trinajstić information content (AvgIpc) is 3.30. The molecule has 3 aromatic rings. The first-order chi connectivity index (χ1) is 18.9. The number of rotatable bonds is 12. The van der Waals surface area contributed by atoms with Gasteiger partial charge in [-0.15, -0.1) is 0 Å². The fraction of sp³-hybridized carbons (Fsp3) is 0.286. The number of aliphatic imine (C=N–C) groups is 1. The first kappa shape index (κ1) is 29.3. The highest BCUT2D eigenvalue weighted by atomic mass is 79.9. The zero-order valence-electron chi connectivity index (χ0n) is 20.8. The lowest BCUT2D eigenvalue weighted by Gasteiger charge is -2.31. The third-order valence-corrected chi connectivity index (χ3v) is 7.17. The number of benzene rings is 3. The summed E-state index contributed by atoms with van der Waals surface area (Å²) in [6.07, 6.45) is -0.238. The van der Waals surface area contributed by atoms with Gasteiger partial charge in [0.25, 0.3) is 5.91 Å². The number of aliphatic hydroxyl groups is 1. The van der Waals surface area contributed by atoms with Crippen LogP contribution in [0.3, 0.4) is 0 Å². The molecule has 0 unspecified atom stereocenters. The highest BCUT2D eigenvalue weighted by molar-refractivity contribution is 9.10. The van der Waals surface area contributed by atoms with Crippen LogP contribution >= 0.6 is 39.1 Å². The number of hydrazine groups is 1. The first-order valence-corrected chi connectivity index (χ1v) is 13.8. The molecule has 0 fully saturated rings. The van der Waals surface area contributed by atoms with Crippen LogP contribution in [0.25, 0.3) is 0 Å². The monoisotopic (exact) mass is 637 g/mol. The third kappa shape index (κ3) is 7.10. The molecule has 1 heterocycles. The smallest absolute Gasteiger partial charge is 0.266 e. The zero-order chi connectivity index (χ0) is 27.8. The summed E-state index contributed by atoms with van der Waals surface area (Å²) < 4.78 is 25.7. The molecule has 0 spiro atoms. The third-order valence-electron chi connectivity index (χ3n) is 6.08. The molecule has 3 N–H and O–H groups in total. The van der Waals surface area contributed by atoms with Gasteiger partial charge in [0, 0.05) is 51.6 Å². The van der Waals surface area contributed by atoms with Crippen molar-refractivity contribution in [2.24, 2.45) is 4.99 Å². The molecule has 7 nitrogen and oxygen atoms in total. The van der Waals surface area contributed by atoms with E-state index in [1.807, 2.05) is 24.3 Å². The number of aliphatic hydroxyl groups excluding tert-OH is 1. The lowest BCUT2D eigenvalue weighted by molar-refractivity contribution is -0.130. The van der Waals surface area contributed by atoms with Gasteiger partial charge in [0.2, 0.25) is 5.90 Å². The van der Waals surface area contributed by atoms with Crippen LogP contribution in [0.1, 0.15) is 29.2 Å². The van der Waals surface area contributed by atoms with Crippen molar-refractivity contribution in [1.82, 2.24) is 10.9 Å². The summed E-state index contributed by atoms with van der Waals surface area (Å²) in [6.45, 7) is -0.307. The van der Waals surface area contributed by atoms with E-state index in [-0.39, 0.29) is 25.5 Å². The van der Waals surface area contributed by atoms with E-state index in [1.54, 1.807) is 42.5 Å². The van der Waals surface area contributed by atoms with Gasteiger partial charge in [0.1, 0.15) is 12.4 Å². The number of nitrogens with zero attached hydrogens (tertiary/aromatic N) is 1. The van der Waals surface area contributed by atoms with Gasteiger partial charge >= 0.3 is 0 Å². The summed E-state index contributed by atoms with van der Waals surface area (Å²) in [7, 11) is 0. The second-order valence-corrected chi connectivity index (χ2v) is 10.6. The Balaban J connectivity index is 1.78. The maximum Gasteiger partial charge on any atom is 0.266 e. The minimum atomic E-state index is -1.50. The number of alkyl halides is 1. The van der Waals surface area contributed by atoms with Crippen LogP contribution in [-0.2, 0) is 16.0 Å². The summed E-state index contributed by atoms with van der Waals surface area (Å²) >= 11 is 16.2. The zero-order valence-corrected chi connectivity index (χ0v) is 23.9. The fourth-order valence-electron chi connectivity index (χ4n) is 4.19. The maximum absolute atomic E-state index is 13.9. The Bertz CT molecular complexity index is 1310. The SMILES string of the molecule is O=C(NNCCF)[C@@]1(Cc2ccc(Br)cc2)N=C(c2ccc(OCCCO)cc2)O[C@H]1c1ccc(Cl)cc1Cl. The quantitative estimate of drug-likeness (QED) is 0.177. The molecule has 39 heavy (non-hydrogen) atoms. The minimum Gasteiger partial charge on any atom is -0.494 e. The van der Waals surface area contributed by atoms with Gasteiger partial charge in [-0.2, -0.15) is 0 Å². The molecule has 1 amide bonds. The van der Waals surface area contributed by atoms with Crippen molar-refractivity contribution in [1.29, 1.82) is 0 Å². The van der Waals surface area contributed by atoms with E-state index >= 15 is 0 Å². The number of ether oxygens (including phenoxy) is 2. The highest BCUT2D eigenvalue weighted by Gasteiger charge is 2.54. The standard InChI is InChI=1S/C28H27BrCl2FN3O4/c29-20-6-2-18(3-7-20)17-28(27(37)35-33-13-12-32)25(23-11-8-21(30)16-24(23)31)39-26(34-28)19-4-9-22(10-5-19)38-15-1-14-36/h2-11,16,25,33,36H,1,12-15,17H2,(H,35,37)/t25-,28-/m0/s1. The van der Waals surface area contributed by atoms with Gasteiger partial charge in [-0.1, -0.05) is 57.3 Å². The van der Waals surface area contributed by atoms with Crippen molar-refractivity contribution in [3.05, 3.63) is 97.9 Å². The maximum atomic E-state index is 13.9. The molecule has 0 bridgehead atoms. The molecule has 2 atom stereocenters. The Morgan fingerprint density at radius 1 is 1.13 bits per heavy atom. The van der Waals surface area contributed by atoms with Gasteiger partial charge in [0.15, 0.2) is 11.6 Å². The van der Waals surface area contributed by atoms with Crippen molar-refractivity contribution in [2.75, 3.05) is 26.4 Å². The predicted molar refractivity (Wildman–Crippen MR) is 153 cm³/mol. The highest BCUT2D eigenvalue weighted by Crippen LogP contribution is 2.45. The first-order valence-electron chi connectivity index (χ1n) is 12.3. The molecular weight excluding hydrogens is 612 g/mol. The Labute approximate surface area is 244 Å². The summed E-state index contributed by atoms with van der Waals surface area (Å²) in [6, 6.07) is 19.6. The van der Waals surface area contributed by atoms with E-state index in [0.717, 1.165) is 10.0 Å². The largest absolute Gasteiger partial charge is 0.494 e. The Morgan fingerprint density at radius 2 is 1.87 bits per heavy atom. The molecule has 1 aliphatic rings. The number of hydrogen-bond acceptors (Lipinski definition) is 6. The molecule has 0 saturated heterocycles. The molecule has 206 valence electrons. The van der Waals surface area contributed by atoms with Crippen molar-refractivity contribution in [2.45, 2.75) is 24.5 Å². The van der Waals surface area contributed by atoms with E-state index in [4.69, 9.17) is 42.8 Å². The van der Waals surface area contributed by atoms with E-state index in [0.29, 0.717) is 39.9 Å². The summed E-state index contributed by atoms with van der Waals surface area (Å²) in [5.74, 6) is 0.358. The van der Waals surface area contributed by atoms with Crippen LogP contribution in [0.5, 0.6) is 5.75 Å². The molecule has 4 rings (SSSR count). The Hall–Kier alpha value is -2.69. The van der Waals surface area contributed by atoms with Crippen LogP contribution in [-0.4, -0.2) is 48.9 Å². The van der Waals surface area contributed by atoms with Gasteiger partial charge in [-0.3, -0.25) is 10.2 Å². The molecule has 0 aliphatic carbocycles. The molecule has 3 aromatic carbocycles. The number of amides is 1. The van der Waals surface area contributed by atoms with E-state index in [1.165, 1.54) is 0 Å². The Kier molecular flexibility index (Phi) is 10.2. The molecule has 0 radical (unpaired) electrons. The molecular formula is C28H27BrCl2FN3O4. The second-order valence-electron chi connectivity index (χ2n) is 8.83. The van der Waals surface area contributed by atoms with Crippen LogP contribution in [0.15, 0.2) is 76.2 Å². The van der Waals surface area contributed by atoms with Crippen molar-refractivity contribution < 1.29 is 23.8 Å². The number of halogens is 4. The minimum absolute atomic E-state index is 0.0417. The predicted octanol–water partition coefficient (Wildman–Crippen LogP) is 5.61. The van der Waals surface area contributed by atoms with Gasteiger partial charge in [-0.25, -0.2) is 14.8 Å². The normalized spacial score (nSPS) is 18.4. The molecule has 1 aliphatic heterocycles. The number of carbonyl (C=O) groups is 1. The van der Waals surface area contributed by atoms with Crippen LogP contribution in [0, 0.1) is 0 Å². The number of nitrogens with one attached hydrogen (secondary N) is 2. The summed E-state index contributed by atoms with van der Waals surface area (Å²) in [5.41, 5.74) is 5.71. The summed E-state index contributed by atoms with van der Waals surface area (Å²) in [5, 5.41) is 9.74. The lowest BCUT2D eigenvalue weighted by atomic mass is 9.82. The van der Waals surface area contributed by atoms with Crippen LogP contribution < -0.4 is 15.6 Å². The second kappa shape index (κ2) is 13.6. The van der Waals surface area contributed by atoms with Gasteiger partial charge in [-0.05, 0) is 54.1 Å². The molecule has 0 aromatic heterocycles. The van der Waals surface area contributed by atoms with Crippen LogP contribution in [0.4, 0.5) is 4.39 Å². The van der Waals surface area contributed by atoms with E-state index in [2.05, 4.69) is 26.8 Å². The van der Waals surface area contributed by atoms with Crippen molar-refractivity contribution in [3.63, 3.8) is 0 Å². The van der Waals surface area contributed by atoms with Crippen LogP contribution in [0.2, 0.25) is 10.0 Å². The topological polar surface area (TPSA) is 92.2 Å². The van der Waals surface area contributed by atoms with E-state index < -0.39 is 24.2 Å². The van der Waals surface area contributed by atoms with E-state index in [9.17, 15) is 9.18 Å².